The Labute approximate surface area is 123 Å². The maximum Gasteiger partial charge on any atom is 0.373 e. The maximum atomic E-state index is 11.2. The van der Waals surface area contributed by atoms with Gasteiger partial charge in [-0.2, -0.15) is 0 Å². The van der Waals surface area contributed by atoms with Crippen LogP contribution in [0.3, 0.4) is 0 Å². The Kier molecular flexibility index (Phi) is 6.56. The third-order valence-electron chi connectivity index (χ3n) is 2.24. The number of carbonyl (C=O) groups is 1. The lowest BCUT2D eigenvalue weighted by Crippen LogP contribution is -2.50. The lowest BCUT2D eigenvalue weighted by Gasteiger charge is -2.01. The van der Waals surface area contributed by atoms with E-state index < -0.39 is 11.7 Å². The second kappa shape index (κ2) is 8.44. The van der Waals surface area contributed by atoms with Crippen LogP contribution in [0.15, 0.2) is 65.9 Å². The molecule has 1 aromatic rings. The fourth-order valence-electron chi connectivity index (χ4n) is 1.33. The average Bonchev–Trinajstić information content (AvgIpc) is 2.46. The number of hydrogen-bond donors (Lipinski definition) is 3. The molecule has 0 aromatic heterocycles. The summed E-state index contributed by atoms with van der Waals surface area (Å²) >= 11 is 0. The standard InChI is InChI=1S/C15H18N2O4/c1-2-20-15(19)13(18)10-11(16)8-9-14(17)21-12-6-4-3-5-7-12/h3-10,18H,2,16-17H2,1H3/p+1. The van der Waals surface area contributed by atoms with Gasteiger partial charge in [-0.3, -0.25) is 5.73 Å². The summed E-state index contributed by atoms with van der Waals surface area (Å²) in [4.78, 5) is 11.2. The van der Waals surface area contributed by atoms with Crippen LogP contribution in [0.4, 0.5) is 0 Å². The SMILES string of the molecule is CCOC(=O)C(O)=CC(N)=CC=C([NH3+])Oc1ccccc1. The van der Waals surface area contributed by atoms with Gasteiger partial charge in [-0.15, -0.1) is 0 Å². The number of aliphatic hydroxyl groups is 1. The van der Waals surface area contributed by atoms with Crippen molar-refractivity contribution >= 4 is 5.97 Å². The quantitative estimate of drug-likeness (QED) is 0.313. The van der Waals surface area contributed by atoms with E-state index in [0.717, 1.165) is 6.08 Å². The van der Waals surface area contributed by atoms with Crippen molar-refractivity contribution in [3.63, 3.8) is 0 Å². The van der Waals surface area contributed by atoms with Crippen molar-refractivity contribution in [3.05, 3.63) is 65.9 Å². The van der Waals surface area contributed by atoms with Gasteiger partial charge in [-0.05, 0) is 25.1 Å². The van der Waals surface area contributed by atoms with E-state index in [2.05, 4.69) is 10.5 Å². The summed E-state index contributed by atoms with van der Waals surface area (Å²) in [5.41, 5.74) is 9.52. The van der Waals surface area contributed by atoms with E-state index in [9.17, 15) is 9.90 Å². The number of quaternary nitrogens is 1. The van der Waals surface area contributed by atoms with Crippen molar-refractivity contribution in [1.29, 1.82) is 0 Å². The van der Waals surface area contributed by atoms with Gasteiger partial charge in [0.1, 0.15) is 5.75 Å². The van der Waals surface area contributed by atoms with E-state index in [4.69, 9.17) is 10.5 Å². The number of ether oxygens (including phenoxy) is 2. The average molecular weight is 291 g/mol. The van der Waals surface area contributed by atoms with Crippen LogP contribution in [0.5, 0.6) is 5.75 Å². The zero-order valence-electron chi connectivity index (χ0n) is 11.8. The van der Waals surface area contributed by atoms with Gasteiger partial charge >= 0.3 is 5.97 Å². The van der Waals surface area contributed by atoms with Gasteiger partial charge in [-0.1, -0.05) is 18.2 Å². The number of esters is 1. The number of aliphatic hydroxyl groups excluding tert-OH is 1. The molecule has 0 radical (unpaired) electrons. The third kappa shape index (κ3) is 6.31. The molecule has 0 fully saturated rings. The molecule has 1 rings (SSSR count). The first-order valence-corrected chi connectivity index (χ1v) is 6.33. The molecule has 0 saturated heterocycles. The molecule has 0 unspecified atom stereocenters. The zero-order chi connectivity index (χ0) is 15.7. The van der Waals surface area contributed by atoms with Crippen LogP contribution in [0.1, 0.15) is 6.92 Å². The number of para-hydroxylation sites is 1. The Morgan fingerprint density at radius 1 is 1.33 bits per heavy atom. The van der Waals surface area contributed by atoms with Crippen molar-refractivity contribution in [2.24, 2.45) is 5.73 Å². The molecule has 1 aromatic carbocycles. The van der Waals surface area contributed by atoms with Crippen molar-refractivity contribution < 1.29 is 25.1 Å². The number of hydrogen-bond acceptors (Lipinski definition) is 5. The smallest absolute Gasteiger partial charge is 0.373 e. The normalized spacial score (nSPS) is 13.0. The van der Waals surface area contributed by atoms with Gasteiger partial charge in [0.2, 0.25) is 5.76 Å². The molecule has 0 aliphatic rings. The Morgan fingerprint density at radius 2 is 2.00 bits per heavy atom. The summed E-state index contributed by atoms with van der Waals surface area (Å²) in [5.74, 6) is -0.370. The first kappa shape index (κ1) is 16.3. The van der Waals surface area contributed by atoms with Gasteiger partial charge < -0.3 is 20.3 Å². The van der Waals surface area contributed by atoms with E-state index in [1.54, 1.807) is 19.1 Å². The summed E-state index contributed by atoms with van der Waals surface area (Å²) < 4.78 is 10.0. The summed E-state index contributed by atoms with van der Waals surface area (Å²) in [6.07, 6.45) is 4.09. The second-order valence-corrected chi connectivity index (χ2v) is 3.96. The Morgan fingerprint density at radius 3 is 2.62 bits per heavy atom. The number of rotatable bonds is 6. The maximum absolute atomic E-state index is 11.2. The molecule has 0 atom stereocenters. The second-order valence-electron chi connectivity index (χ2n) is 3.96. The molecule has 6 nitrogen and oxygen atoms in total. The minimum absolute atomic E-state index is 0.165. The highest BCUT2D eigenvalue weighted by molar-refractivity contribution is 5.86. The zero-order valence-corrected chi connectivity index (χ0v) is 11.8. The van der Waals surface area contributed by atoms with Crippen molar-refractivity contribution in [1.82, 2.24) is 0 Å². The molecule has 0 aliphatic heterocycles. The Hall–Kier alpha value is -2.73. The van der Waals surface area contributed by atoms with Gasteiger partial charge in [0.05, 0.1) is 6.61 Å². The molecule has 0 heterocycles. The van der Waals surface area contributed by atoms with Crippen LogP contribution in [0.2, 0.25) is 0 Å². The fourth-order valence-corrected chi connectivity index (χ4v) is 1.33. The highest BCUT2D eigenvalue weighted by Gasteiger charge is 2.07. The molecule has 6 N–H and O–H groups in total. The van der Waals surface area contributed by atoms with E-state index >= 15 is 0 Å². The van der Waals surface area contributed by atoms with Crippen LogP contribution in [0, 0.1) is 0 Å². The summed E-state index contributed by atoms with van der Waals surface area (Å²) in [7, 11) is 0. The molecular weight excluding hydrogens is 272 g/mol. The van der Waals surface area contributed by atoms with Crippen LogP contribution in [0.25, 0.3) is 0 Å². The van der Waals surface area contributed by atoms with E-state index in [-0.39, 0.29) is 12.3 Å². The number of carbonyl (C=O) groups excluding carboxylic acids is 1. The number of benzene rings is 1. The van der Waals surface area contributed by atoms with Gasteiger partial charge in [0.15, 0.2) is 0 Å². The van der Waals surface area contributed by atoms with E-state index in [0.29, 0.717) is 11.6 Å². The fraction of sp³-hybridized carbons (Fsp3) is 0.133. The van der Waals surface area contributed by atoms with Gasteiger partial charge in [-0.25, -0.2) is 4.79 Å². The Balaban J connectivity index is 2.67. The van der Waals surface area contributed by atoms with Crippen LogP contribution in [-0.2, 0) is 9.53 Å². The minimum Gasteiger partial charge on any atom is -0.502 e. The highest BCUT2D eigenvalue weighted by Crippen LogP contribution is 2.09. The summed E-state index contributed by atoms with van der Waals surface area (Å²) in [6.45, 7) is 1.82. The van der Waals surface area contributed by atoms with E-state index in [1.807, 2.05) is 18.2 Å². The van der Waals surface area contributed by atoms with Crippen molar-refractivity contribution in [2.45, 2.75) is 6.92 Å². The molecule has 0 amide bonds. The van der Waals surface area contributed by atoms with Crippen LogP contribution >= 0.6 is 0 Å². The van der Waals surface area contributed by atoms with Crippen molar-refractivity contribution in [2.75, 3.05) is 6.61 Å². The van der Waals surface area contributed by atoms with Crippen LogP contribution in [-0.4, -0.2) is 17.7 Å². The van der Waals surface area contributed by atoms with Gasteiger partial charge in [0.25, 0.3) is 5.88 Å². The molecule has 21 heavy (non-hydrogen) atoms. The van der Waals surface area contributed by atoms with Crippen LogP contribution < -0.4 is 16.2 Å². The lowest BCUT2D eigenvalue weighted by atomic mass is 10.3. The first-order chi connectivity index (χ1) is 10.0. The summed E-state index contributed by atoms with van der Waals surface area (Å²) in [5, 5.41) is 9.42. The molecular formula is C15H19N2O4+. The monoisotopic (exact) mass is 291 g/mol. The number of nitrogens with two attached hydrogens (primary N) is 1. The molecule has 112 valence electrons. The number of allylic oxidation sites excluding steroid dienone is 3. The molecule has 6 heteroatoms. The molecule has 0 bridgehead atoms. The first-order valence-electron chi connectivity index (χ1n) is 6.33. The molecule has 0 aliphatic carbocycles. The molecule has 0 spiro atoms. The Bertz CT molecular complexity index is 562. The predicted octanol–water partition coefficient (Wildman–Crippen LogP) is 0.996. The third-order valence-corrected chi connectivity index (χ3v) is 2.24. The largest absolute Gasteiger partial charge is 0.502 e. The van der Waals surface area contributed by atoms with Crippen molar-refractivity contribution in [3.8, 4) is 5.75 Å². The predicted molar refractivity (Wildman–Crippen MR) is 77.7 cm³/mol. The summed E-state index contributed by atoms with van der Waals surface area (Å²) in [6, 6.07) is 9.14. The highest BCUT2D eigenvalue weighted by atomic mass is 16.5. The lowest BCUT2D eigenvalue weighted by molar-refractivity contribution is -0.342. The topological polar surface area (TPSA) is 109 Å². The van der Waals surface area contributed by atoms with E-state index in [1.165, 1.54) is 12.2 Å². The minimum atomic E-state index is -0.826. The molecule has 0 saturated carbocycles. The van der Waals surface area contributed by atoms with Gasteiger partial charge in [0, 0.05) is 17.8 Å².